The second kappa shape index (κ2) is 8.46. The van der Waals surface area contributed by atoms with Gasteiger partial charge in [-0.25, -0.2) is 13.2 Å². The number of rotatable bonds is 4. The number of hydrogen-bond donors (Lipinski definition) is 2. The molecule has 1 amide bonds. The molecule has 1 aromatic heterocycles. The van der Waals surface area contributed by atoms with E-state index in [4.69, 9.17) is 4.74 Å². The molecule has 1 aromatic carbocycles. The summed E-state index contributed by atoms with van der Waals surface area (Å²) in [4.78, 5) is 41.6. The molecule has 0 aliphatic carbocycles. The Balaban J connectivity index is 1.76. The molecule has 2 heterocycles. The molecule has 1 atom stereocenters. The molecule has 2 N–H and O–H groups in total. The van der Waals surface area contributed by atoms with E-state index < -0.39 is 32.8 Å². The summed E-state index contributed by atoms with van der Waals surface area (Å²) in [6, 6.07) is 4.21. The third-order valence-electron chi connectivity index (χ3n) is 5.05. The van der Waals surface area contributed by atoms with Crippen LogP contribution in [0.3, 0.4) is 0 Å². The number of benzene rings is 1. The van der Waals surface area contributed by atoms with Crippen molar-refractivity contribution in [1.82, 2.24) is 19.2 Å². The number of nitrogens with zero attached hydrogens (tertiary/aromatic N) is 2. The maximum absolute atomic E-state index is 13.2. The van der Waals surface area contributed by atoms with Crippen LogP contribution in [0, 0.1) is 5.92 Å². The Morgan fingerprint density at radius 2 is 1.84 bits per heavy atom. The van der Waals surface area contributed by atoms with E-state index in [2.05, 4.69) is 9.97 Å². The van der Waals surface area contributed by atoms with Crippen LogP contribution in [0.15, 0.2) is 32.7 Å². The van der Waals surface area contributed by atoms with E-state index in [9.17, 15) is 22.8 Å². The second-order valence-corrected chi connectivity index (χ2v) is 10.8. The number of ether oxygens (including phenoxy) is 1. The third-order valence-corrected chi connectivity index (χ3v) is 6.91. The first-order valence-electron chi connectivity index (χ1n) is 10.1. The first kappa shape index (κ1) is 23.0. The fraction of sp³-hybridized carbons (Fsp3) is 0.550. The molecule has 1 fully saturated rings. The molecule has 1 unspecified atom stereocenters. The largest absolute Gasteiger partial charge is 0.444 e. The molecule has 10 nitrogen and oxygen atoms in total. The Kier molecular flexibility index (Phi) is 6.28. The molecule has 0 saturated carbocycles. The van der Waals surface area contributed by atoms with Crippen LogP contribution in [-0.4, -0.2) is 66.0 Å². The molecule has 170 valence electrons. The van der Waals surface area contributed by atoms with Gasteiger partial charge in [0.2, 0.25) is 10.0 Å². The molecule has 2 aromatic rings. The van der Waals surface area contributed by atoms with Crippen LogP contribution in [0.1, 0.15) is 33.6 Å². The van der Waals surface area contributed by atoms with E-state index in [1.807, 2.05) is 0 Å². The molecule has 3 rings (SSSR count). The summed E-state index contributed by atoms with van der Waals surface area (Å²) in [6.45, 7) is 6.40. The minimum atomic E-state index is -3.81. The number of sulfonamides is 1. The standard InChI is InChI=1S/C20H28N4O6S/c1-20(2,3)30-19(27)23(4)11-13-6-5-9-24(12-13)31(28,29)14-7-8-15-16(10-14)22-18(26)17(25)21-15/h7-8,10,13H,5-6,9,11-12H2,1-4H3,(H,21,25)(H,22,26). The molecular weight excluding hydrogens is 424 g/mol. The van der Waals surface area contributed by atoms with Gasteiger partial charge in [-0.2, -0.15) is 4.31 Å². The van der Waals surface area contributed by atoms with Crippen molar-refractivity contribution in [3.63, 3.8) is 0 Å². The quantitative estimate of drug-likeness (QED) is 0.675. The van der Waals surface area contributed by atoms with E-state index in [0.29, 0.717) is 25.0 Å². The Bertz CT molecular complexity index is 1190. The van der Waals surface area contributed by atoms with Crippen molar-refractivity contribution in [2.45, 2.75) is 44.1 Å². The van der Waals surface area contributed by atoms with Crippen molar-refractivity contribution < 1.29 is 17.9 Å². The monoisotopic (exact) mass is 452 g/mol. The van der Waals surface area contributed by atoms with Crippen LogP contribution in [-0.2, 0) is 14.8 Å². The lowest BCUT2D eigenvalue weighted by Crippen LogP contribution is -2.44. The number of aromatic amines is 2. The highest BCUT2D eigenvalue weighted by Crippen LogP contribution is 2.25. The molecule has 0 spiro atoms. The normalized spacial score (nSPS) is 18.1. The highest BCUT2D eigenvalue weighted by molar-refractivity contribution is 7.89. The van der Waals surface area contributed by atoms with Crippen LogP contribution < -0.4 is 11.1 Å². The molecule has 0 bridgehead atoms. The van der Waals surface area contributed by atoms with Gasteiger partial charge >= 0.3 is 17.2 Å². The Hall–Kier alpha value is -2.66. The van der Waals surface area contributed by atoms with E-state index in [1.165, 1.54) is 27.4 Å². The van der Waals surface area contributed by atoms with E-state index in [1.54, 1.807) is 27.8 Å². The Morgan fingerprint density at radius 1 is 1.19 bits per heavy atom. The van der Waals surface area contributed by atoms with Gasteiger partial charge in [0.15, 0.2) is 0 Å². The Labute approximate surface area is 180 Å². The maximum Gasteiger partial charge on any atom is 0.410 e. The second-order valence-electron chi connectivity index (χ2n) is 8.85. The summed E-state index contributed by atoms with van der Waals surface area (Å²) in [6.07, 6.45) is 1.02. The minimum absolute atomic E-state index is 0.0299. The van der Waals surface area contributed by atoms with Crippen LogP contribution in [0.2, 0.25) is 0 Å². The number of carbonyl (C=O) groups excluding carboxylic acids is 1. The van der Waals surface area contributed by atoms with Crippen molar-refractivity contribution >= 4 is 27.1 Å². The molecule has 0 radical (unpaired) electrons. The highest BCUT2D eigenvalue weighted by atomic mass is 32.2. The van der Waals surface area contributed by atoms with Gasteiger partial charge in [-0.1, -0.05) is 0 Å². The summed E-state index contributed by atoms with van der Waals surface area (Å²) in [5.41, 5.74) is -1.65. The number of hydrogen-bond acceptors (Lipinski definition) is 6. The van der Waals surface area contributed by atoms with Crippen molar-refractivity contribution in [1.29, 1.82) is 0 Å². The van der Waals surface area contributed by atoms with Crippen molar-refractivity contribution in [3.05, 3.63) is 38.9 Å². The Morgan fingerprint density at radius 3 is 2.48 bits per heavy atom. The molecule has 31 heavy (non-hydrogen) atoms. The van der Waals surface area contributed by atoms with E-state index in [-0.39, 0.29) is 22.9 Å². The van der Waals surface area contributed by atoms with Crippen molar-refractivity contribution in [3.8, 4) is 0 Å². The first-order chi connectivity index (χ1) is 14.4. The summed E-state index contributed by atoms with van der Waals surface area (Å²) in [7, 11) is -2.17. The zero-order valence-corrected chi connectivity index (χ0v) is 18.9. The number of carbonyl (C=O) groups is 1. The predicted octanol–water partition coefficient (Wildman–Crippen LogP) is 1.48. The van der Waals surface area contributed by atoms with Gasteiger partial charge in [0, 0.05) is 26.7 Å². The highest BCUT2D eigenvalue weighted by Gasteiger charge is 2.32. The number of aromatic nitrogens is 2. The van der Waals surface area contributed by atoms with Crippen LogP contribution in [0.5, 0.6) is 0 Å². The van der Waals surface area contributed by atoms with E-state index >= 15 is 0 Å². The average molecular weight is 453 g/mol. The number of piperidine rings is 1. The molecule has 1 aliphatic heterocycles. The van der Waals surface area contributed by atoms with Crippen molar-refractivity contribution in [2.75, 3.05) is 26.7 Å². The number of nitrogens with one attached hydrogen (secondary N) is 2. The fourth-order valence-corrected chi connectivity index (χ4v) is 5.18. The van der Waals surface area contributed by atoms with Gasteiger partial charge in [0.05, 0.1) is 15.9 Å². The zero-order valence-electron chi connectivity index (χ0n) is 18.1. The van der Waals surface area contributed by atoms with Gasteiger partial charge in [-0.05, 0) is 57.7 Å². The summed E-state index contributed by atoms with van der Waals surface area (Å²) in [5, 5.41) is 0. The maximum atomic E-state index is 13.2. The van der Waals surface area contributed by atoms with E-state index in [0.717, 1.165) is 6.42 Å². The summed E-state index contributed by atoms with van der Waals surface area (Å²) in [5.74, 6) is -0.0299. The van der Waals surface area contributed by atoms with Crippen LogP contribution in [0.4, 0.5) is 4.79 Å². The fourth-order valence-electron chi connectivity index (χ4n) is 3.60. The zero-order chi connectivity index (χ0) is 23.0. The lowest BCUT2D eigenvalue weighted by Gasteiger charge is -2.34. The lowest BCUT2D eigenvalue weighted by atomic mass is 9.99. The van der Waals surface area contributed by atoms with Gasteiger partial charge in [0.1, 0.15) is 5.60 Å². The topological polar surface area (TPSA) is 133 Å². The summed E-state index contributed by atoms with van der Waals surface area (Å²) >= 11 is 0. The van der Waals surface area contributed by atoms with Crippen LogP contribution in [0.25, 0.3) is 11.0 Å². The third kappa shape index (κ3) is 5.34. The molecule has 11 heteroatoms. The van der Waals surface area contributed by atoms with Gasteiger partial charge < -0.3 is 19.6 Å². The lowest BCUT2D eigenvalue weighted by molar-refractivity contribution is 0.0258. The molecular formula is C20H28N4O6S. The van der Waals surface area contributed by atoms with Gasteiger partial charge in [-0.15, -0.1) is 0 Å². The molecule has 1 saturated heterocycles. The average Bonchev–Trinajstić information content (AvgIpc) is 2.67. The van der Waals surface area contributed by atoms with Crippen molar-refractivity contribution in [2.24, 2.45) is 5.92 Å². The summed E-state index contributed by atoms with van der Waals surface area (Å²) < 4.78 is 33.1. The predicted molar refractivity (Wildman–Crippen MR) is 116 cm³/mol. The smallest absolute Gasteiger partial charge is 0.410 e. The number of amides is 1. The number of H-pyrrole nitrogens is 2. The first-order valence-corrected chi connectivity index (χ1v) is 11.5. The SMILES string of the molecule is CN(CC1CCCN(S(=O)(=O)c2ccc3[nH]c(=O)c(=O)[nH]c3c2)C1)C(=O)OC(C)(C)C. The van der Waals surface area contributed by atoms with Gasteiger partial charge in [-0.3, -0.25) is 9.59 Å². The molecule has 1 aliphatic rings. The minimum Gasteiger partial charge on any atom is -0.444 e. The number of fused-ring (bicyclic) bond motifs is 1. The van der Waals surface area contributed by atoms with Crippen LogP contribution >= 0.6 is 0 Å². The van der Waals surface area contributed by atoms with Gasteiger partial charge in [0.25, 0.3) is 0 Å².